The van der Waals surface area contributed by atoms with Crippen molar-refractivity contribution in [1.82, 2.24) is 0 Å². The van der Waals surface area contributed by atoms with E-state index in [1.807, 2.05) is 6.08 Å². The van der Waals surface area contributed by atoms with Crippen LogP contribution in [0.5, 0.6) is 0 Å². The molecule has 0 saturated carbocycles. The second-order valence-corrected chi connectivity index (χ2v) is 21.6. The molecule has 6 nitrogen and oxygen atoms in total. The quantitative estimate of drug-likeness (QED) is 0.0261. The van der Waals surface area contributed by atoms with Gasteiger partial charge in [0.1, 0.15) is 13.2 Å². The van der Waals surface area contributed by atoms with E-state index in [-0.39, 0.29) is 37.5 Å². The maximum atomic E-state index is 12.9. The van der Waals surface area contributed by atoms with Crippen molar-refractivity contribution in [3.63, 3.8) is 0 Å². The van der Waals surface area contributed by atoms with Crippen LogP contribution in [0.25, 0.3) is 0 Å². The van der Waals surface area contributed by atoms with Crippen molar-refractivity contribution in [2.45, 2.75) is 284 Å². The van der Waals surface area contributed by atoms with E-state index < -0.39 is 6.10 Å². The van der Waals surface area contributed by atoms with Gasteiger partial charge in [-0.15, -0.1) is 0 Å². The van der Waals surface area contributed by atoms with Crippen LogP contribution in [0.1, 0.15) is 278 Å². The summed E-state index contributed by atoms with van der Waals surface area (Å²) in [5.41, 5.74) is 0. The molecule has 1 unspecified atom stereocenters. The van der Waals surface area contributed by atoms with E-state index in [0.717, 1.165) is 135 Å². The Morgan fingerprint density at radius 3 is 0.819 bits per heavy atom. The topological polar surface area (TPSA) is 78.9 Å². The molecule has 0 aliphatic rings. The number of allylic oxidation sites excluding steroid dienone is 28. The predicted octanol–water partition coefficient (Wildman–Crippen LogP) is 23.4. The third kappa shape index (κ3) is 67.4. The molecule has 466 valence electrons. The van der Waals surface area contributed by atoms with E-state index in [4.69, 9.17) is 14.2 Å². The van der Waals surface area contributed by atoms with Crippen molar-refractivity contribution < 1.29 is 28.6 Å². The molecule has 0 fully saturated rings. The van der Waals surface area contributed by atoms with E-state index >= 15 is 0 Å². The van der Waals surface area contributed by atoms with Crippen LogP contribution in [-0.2, 0) is 28.6 Å². The molecule has 83 heavy (non-hydrogen) atoms. The first kappa shape index (κ1) is 77.8. The summed E-state index contributed by atoms with van der Waals surface area (Å²) in [7, 11) is 0. The summed E-state index contributed by atoms with van der Waals surface area (Å²) in [4.78, 5) is 38.3. The van der Waals surface area contributed by atoms with Crippen LogP contribution >= 0.6 is 0 Å². The summed E-state index contributed by atoms with van der Waals surface area (Å²) in [5.74, 6) is -1.02. The molecule has 0 N–H and O–H groups in total. The summed E-state index contributed by atoms with van der Waals surface area (Å²) in [6.07, 6.45) is 102. The lowest BCUT2D eigenvalue weighted by molar-refractivity contribution is -0.166. The molecule has 0 aromatic heterocycles. The highest BCUT2D eigenvalue weighted by molar-refractivity contribution is 5.71. The third-order valence-electron chi connectivity index (χ3n) is 13.7. The van der Waals surface area contributed by atoms with Crippen molar-refractivity contribution in [3.05, 3.63) is 170 Å². The van der Waals surface area contributed by atoms with Gasteiger partial charge in [0, 0.05) is 19.3 Å². The lowest BCUT2D eigenvalue weighted by atomic mass is 10.1. The molecule has 0 bridgehead atoms. The first-order chi connectivity index (χ1) is 41.0. The van der Waals surface area contributed by atoms with Crippen LogP contribution < -0.4 is 0 Å². The fraction of sp³-hybridized carbons (Fsp3) is 0.597. The maximum absolute atomic E-state index is 12.9. The highest BCUT2D eigenvalue weighted by atomic mass is 16.6. The Labute approximate surface area is 511 Å². The summed E-state index contributed by atoms with van der Waals surface area (Å²) in [6.45, 7) is 6.33. The second-order valence-electron chi connectivity index (χ2n) is 21.6. The molecular formula is C77H122O6. The van der Waals surface area contributed by atoms with Crippen LogP contribution in [0.3, 0.4) is 0 Å². The molecule has 0 rings (SSSR count). The minimum Gasteiger partial charge on any atom is -0.462 e. The fourth-order valence-corrected chi connectivity index (χ4v) is 8.74. The van der Waals surface area contributed by atoms with E-state index in [2.05, 4.69) is 185 Å². The summed E-state index contributed by atoms with van der Waals surface area (Å²) in [5, 5.41) is 0. The van der Waals surface area contributed by atoms with Gasteiger partial charge in [-0.25, -0.2) is 0 Å². The van der Waals surface area contributed by atoms with Crippen LogP contribution in [0.15, 0.2) is 170 Å². The summed E-state index contributed by atoms with van der Waals surface area (Å²) in [6, 6.07) is 0. The Morgan fingerprint density at radius 1 is 0.253 bits per heavy atom. The molecule has 6 heteroatoms. The number of unbranched alkanes of at least 4 members (excludes halogenated alkanes) is 20. The van der Waals surface area contributed by atoms with Gasteiger partial charge < -0.3 is 14.2 Å². The molecule has 1 atom stereocenters. The van der Waals surface area contributed by atoms with Gasteiger partial charge in [0.05, 0.1) is 0 Å². The average Bonchev–Trinajstić information content (AvgIpc) is 3.49. The Hall–Kier alpha value is -5.23. The van der Waals surface area contributed by atoms with Crippen molar-refractivity contribution in [2.24, 2.45) is 0 Å². The minimum absolute atomic E-state index is 0.114. The molecule has 0 saturated heterocycles. The Bertz CT molecular complexity index is 1890. The van der Waals surface area contributed by atoms with E-state index in [0.29, 0.717) is 19.3 Å². The van der Waals surface area contributed by atoms with Gasteiger partial charge in [0.2, 0.25) is 0 Å². The molecule has 0 spiro atoms. The zero-order valence-corrected chi connectivity index (χ0v) is 53.4. The van der Waals surface area contributed by atoms with E-state index in [9.17, 15) is 14.4 Å². The van der Waals surface area contributed by atoms with Crippen molar-refractivity contribution in [3.8, 4) is 0 Å². The largest absolute Gasteiger partial charge is 0.462 e. The molecule has 0 heterocycles. The normalized spacial score (nSPS) is 13.2. The number of ether oxygens (including phenoxy) is 3. The molecule has 0 radical (unpaired) electrons. The molecule has 0 aromatic rings. The fourth-order valence-electron chi connectivity index (χ4n) is 8.74. The zero-order valence-electron chi connectivity index (χ0n) is 53.4. The van der Waals surface area contributed by atoms with Crippen LogP contribution in [0.4, 0.5) is 0 Å². The monoisotopic (exact) mass is 1140 g/mol. The minimum atomic E-state index is -0.822. The lowest BCUT2D eigenvalue weighted by Gasteiger charge is -2.18. The average molecular weight is 1140 g/mol. The van der Waals surface area contributed by atoms with Gasteiger partial charge in [-0.05, 0) is 141 Å². The van der Waals surface area contributed by atoms with Gasteiger partial charge in [-0.3, -0.25) is 14.4 Å². The van der Waals surface area contributed by atoms with E-state index in [1.165, 1.54) is 96.3 Å². The van der Waals surface area contributed by atoms with Crippen LogP contribution in [0.2, 0.25) is 0 Å². The SMILES string of the molecule is CC/C=C\C/C=C\C/C=C\C/C=C\C/C=C\C/C=C\C/C=C\C/C=C\C/C=C\CCCCCCCCCC(=O)OCC(COC(=O)CC/C=C\C/C=C\C/C=C\C/C=C\CC)OC(=O)CCCCCCCCC/C=C\CCCCCCCC. The van der Waals surface area contributed by atoms with Crippen molar-refractivity contribution >= 4 is 17.9 Å². The molecule has 0 aromatic carbocycles. The maximum Gasteiger partial charge on any atom is 0.306 e. The number of carbonyl (C=O) groups is 3. The third-order valence-corrected chi connectivity index (χ3v) is 13.7. The van der Waals surface area contributed by atoms with Crippen LogP contribution in [0, 0.1) is 0 Å². The Balaban J connectivity index is 4.34. The van der Waals surface area contributed by atoms with Gasteiger partial charge >= 0.3 is 17.9 Å². The molecule has 0 aliphatic carbocycles. The number of hydrogen-bond acceptors (Lipinski definition) is 6. The molecule has 0 aliphatic heterocycles. The lowest BCUT2D eigenvalue weighted by Crippen LogP contribution is -2.30. The van der Waals surface area contributed by atoms with Crippen LogP contribution in [-0.4, -0.2) is 37.2 Å². The first-order valence-corrected chi connectivity index (χ1v) is 33.6. The number of hydrogen-bond donors (Lipinski definition) is 0. The Morgan fingerprint density at radius 2 is 0.494 bits per heavy atom. The standard InChI is InChI=1S/C77H122O6/c1-4-7-10-13-16-19-22-25-27-29-30-31-32-33-34-35-36-37-38-39-40-41-42-43-44-45-46-48-49-52-55-58-61-64-67-70-76(79)82-73-74(72-81-75(78)69-66-63-60-57-54-51-24-21-18-15-12-9-6-3)83-77(80)71-68-65-62-59-56-53-50-47-28-26-23-20-17-14-11-8-5-2/h7,9-10,12,16,18-19,21,25-28,30-31,33-34,36-37,39-40,42-43,45-46,51,54,60,63,74H,4-6,8,11,13-15,17,20,22-24,29,32,35,38,41,44,47-50,52-53,55-59,61-62,64-73H2,1-3H3/b10-7-,12-9-,19-16-,21-18-,27-25-,28-26-,31-30-,34-33-,37-36-,40-39-,43-42-,46-45-,54-51-,63-60-. The van der Waals surface area contributed by atoms with E-state index in [1.54, 1.807) is 0 Å². The number of rotatable bonds is 59. The molecular weight excluding hydrogens is 1020 g/mol. The Kier molecular flexibility index (Phi) is 64.9. The highest BCUT2D eigenvalue weighted by Gasteiger charge is 2.19. The van der Waals surface area contributed by atoms with Gasteiger partial charge in [-0.2, -0.15) is 0 Å². The number of carbonyl (C=O) groups excluding carboxylic acids is 3. The molecule has 0 amide bonds. The number of esters is 3. The van der Waals surface area contributed by atoms with Gasteiger partial charge in [0.25, 0.3) is 0 Å². The van der Waals surface area contributed by atoms with Gasteiger partial charge in [0.15, 0.2) is 6.10 Å². The summed E-state index contributed by atoms with van der Waals surface area (Å²) >= 11 is 0. The smallest absolute Gasteiger partial charge is 0.306 e. The van der Waals surface area contributed by atoms with Crippen molar-refractivity contribution in [2.75, 3.05) is 13.2 Å². The van der Waals surface area contributed by atoms with Crippen molar-refractivity contribution in [1.29, 1.82) is 0 Å². The highest BCUT2D eigenvalue weighted by Crippen LogP contribution is 2.14. The van der Waals surface area contributed by atoms with Gasteiger partial charge in [-0.1, -0.05) is 287 Å². The summed E-state index contributed by atoms with van der Waals surface area (Å²) < 4.78 is 16.8. The first-order valence-electron chi connectivity index (χ1n) is 33.6. The predicted molar refractivity (Wildman–Crippen MR) is 361 cm³/mol. The zero-order chi connectivity index (χ0) is 59.9. The second kappa shape index (κ2) is 69.3.